The van der Waals surface area contributed by atoms with Crippen molar-refractivity contribution in [3.05, 3.63) is 0 Å². The van der Waals surface area contributed by atoms with E-state index in [9.17, 15) is 4.79 Å². The average molecular weight is 173 g/mol. The number of ether oxygens (including phenoxy) is 1. The summed E-state index contributed by atoms with van der Waals surface area (Å²) in [6, 6.07) is 0. The van der Waals surface area contributed by atoms with E-state index < -0.39 is 11.7 Å². The van der Waals surface area contributed by atoms with E-state index in [1.807, 2.05) is 13.8 Å². The first-order valence-electron chi connectivity index (χ1n) is 4.32. The van der Waals surface area contributed by atoms with E-state index in [-0.39, 0.29) is 0 Å². The number of amides is 1. The minimum atomic E-state index is -0.691. The van der Waals surface area contributed by atoms with Crippen molar-refractivity contribution in [3.8, 4) is 0 Å². The molecular formula is C9H19NO2. The Morgan fingerprint density at radius 1 is 1.50 bits per heavy atom. The molecule has 0 saturated carbocycles. The summed E-state index contributed by atoms with van der Waals surface area (Å²) in [6.07, 6.45) is 1.21. The minimum absolute atomic E-state index is 0.421. The number of carbonyl (C=O) groups excluding carboxylic acids is 1. The number of rotatable bonds is 4. The summed E-state index contributed by atoms with van der Waals surface area (Å²) in [7, 11) is 0. The summed E-state index contributed by atoms with van der Waals surface area (Å²) in [5, 5.41) is 0. The predicted octanol–water partition coefficient (Wildman–Crippen LogP) is 2.30. The molecule has 0 aromatic heterocycles. The fourth-order valence-corrected chi connectivity index (χ4v) is 0.960. The van der Waals surface area contributed by atoms with Gasteiger partial charge < -0.3 is 10.5 Å². The lowest BCUT2D eigenvalue weighted by Gasteiger charge is -2.24. The first-order valence-corrected chi connectivity index (χ1v) is 4.32. The second kappa shape index (κ2) is 4.33. The topological polar surface area (TPSA) is 52.3 Å². The Morgan fingerprint density at radius 2 is 2.00 bits per heavy atom. The van der Waals surface area contributed by atoms with Crippen LogP contribution >= 0.6 is 0 Å². The third-order valence-corrected chi connectivity index (χ3v) is 1.70. The summed E-state index contributed by atoms with van der Waals surface area (Å²) in [4.78, 5) is 10.5. The maximum Gasteiger partial charge on any atom is 0.405 e. The van der Waals surface area contributed by atoms with Crippen LogP contribution in [0.2, 0.25) is 0 Å². The molecule has 0 unspecified atom stereocenters. The van der Waals surface area contributed by atoms with Gasteiger partial charge in [-0.25, -0.2) is 4.79 Å². The van der Waals surface area contributed by atoms with Crippen LogP contribution in [-0.4, -0.2) is 11.7 Å². The Hall–Kier alpha value is -0.730. The number of nitrogens with two attached hydrogens (primary N) is 1. The lowest BCUT2D eigenvalue weighted by atomic mass is 9.97. The van der Waals surface area contributed by atoms with Crippen molar-refractivity contribution in [2.75, 3.05) is 0 Å². The summed E-state index contributed by atoms with van der Waals surface area (Å²) < 4.78 is 4.93. The molecule has 0 heterocycles. The molecule has 1 amide bonds. The van der Waals surface area contributed by atoms with Crippen LogP contribution in [0.4, 0.5) is 4.79 Å². The third-order valence-electron chi connectivity index (χ3n) is 1.70. The van der Waals surface area contributed by atoms with Crippen LogP contribution in [0.5, 0.6) is 0 Å². The predicted molar refractivity (Wildman–Crippen MR) is 48.8 cm³/mol. The summed E-state index contributed by atoms with van der Waals surface area (Å²) in [6.45, 7) is 8.03. The standard InChI is InChI=1S/C9H19NO2/c1-7(2)5-6-9(3,4)12-8(10)11/h7H,5-6H2,1-4H3,(H2,10,11). The van der Waals surface area contributed by atoms with E-state index in [0.717, 1.165) is 12.8 Å². The highest BCUT2D eigenvalue weighted by Crippen LogP contribution is 2.19. The number of primary amides is 1. The molecule has 3 nitrogen and oxygen atoms in total. The lowest BCUT2D eigenvalue weighted by Crippen LogP contribution is -2.31. The number of hydrogen-bond acceptors (Lipinski definition) is 2. The molecule has 3 heteroatoms. The fourth-order valence-electron chi connectivity index (χ4n) is 0.960. The Kier molecular flexibility index (Phi) is 4.07. The zero-order chi connectivity index (χ0) is 9.78. The van der Waals surface area contributed by atoms with E-state index in [2.05, 4.69) is 13.8 Å². The highest BCUT2D eigenvalue weighted by Gasteiger charge is 2.21. The Morgan fingerprint density at radius 3 is 2.33 bits per heavy atom. The van der Waals surface area contributed by atoms with Crippen LogP contribution < -0.4 is 5.73 Å². The van der Waals surface area contributed by atoms with Gasteiger partial charge in [0.25, 0.3) is 0 Å². The second-order valence-electron chi connectivity index (χ2n) is 4.11. The Labute approximate surface area is 74.3 Å². The van der Waals surface area contributed by atoms with E-state index in [0.29, 0.717) is 5.92 Å². The van der Waals surface area contributed by atoms with Crippen LogP contribution in [0.3, 0.4) is 0 Å². The largest absolute Gasteiger partial charge is 0.444 e. The van der Waals surface area contributed by atoms with Gasteiger partial charge >= 0.3 is 6.09 Å². The molecule has 0 aromatic rings. The molecule has 0 aliphatic heterocycles. The number of carbonyl (C=O) groups is 1. The summed E-state index contributed by atoms with van der Waals surface area (Å²) in [5.41, 5.74) is 4.50. The van der Waals surface area contributed by atoms with E-state index in [4.69, 9.17) is 10.5 Å². The zero-order valence-electron chi connectivity index (χ0n) is 8.39. The van der Waals surface area contributed by atoms with E-state index >= 15 is 0 Å². The highest BCUT2D eigenvalue weighted by atomic mass is 16.6. The van der Waals surface area contributed by atoms with Crippen molar-refractivity contribution in [3.63, 3.8) is 0 Å². The van der Waals surface area contributed by atoms with Crippen molar-refractivity contribution in [1.82, 2.24) is 0 Å². The SMILES string of the molecule is CC(C)CCC(C)(C)OC(N)=O. The summed E-state index contributed by atoms with van der Waals surface area (Å²) >= 11 is 0. The van der Waals surface area contributed by atoms with Crippen molar-refractivity contribution in [1.29, 1.82) is 0 Å². The van der Waals surface area contributed by atoms with Gasteiger partial charge in [0.15, 0.2) is 0 Å². The molecule has 0 radical (unpaired) electrons. The van der Waals surface area contributed by atoms with Crippen molar-refractivity contribution in [2.24, 2.45) is 11.7 Å². The van der Waals surface area contributed by atoms with Gasteiger partial charge in [0.2, 0.25) is 0 Å². The van der Waals surface area contributed by atoms with Crippen LogP contribution in [0.1, 0.15) is 40.5 Å². The maximum absolute atomic E-state index is 10.5. The van der Waals surface area contributed by atoms with Gasteiger partial charge in [0.1, 0.15) is 5.60 Å². The Bertz CT molecular complexity index is 153. The van der Waals surface area contributed by atoms with Gasteiger partial charge in [-0.1, -0.05) is 13.8 Å². The highest BCUT2D eigenvalue weighted by molar-refractivity contribution is 5.65. The first kappa shape index (κ1) is 11.3. The summed E-state index contributed by atoms with van der Waals surface area (Å²) in [5.74, 6) is 0.626. The van der Waals surface area contributed by atoms with Crippen LogP contribution in [0, 0.1) is 5.92 Å². The molecule has 0 rings (SSSR count). The molecule has 0 bridgehead atoms. The third kappa shape index (κ3) is 6.01. The molecule has 0 aromatic carbocycles. The molecule has 12 heavy (non-hydrogen) atoms. The monoisotopic (exact) mass is 173 g/mol. The molecule has 72 valence electrons. The molecule has 0 aliphatic rings. The fraction of sp³-hybridized carbons (Fsp3) is 0.889. The molecule has 0 fully saturated rings. The maximum atomic E-state index is 10.5. The van der Waals surface area contributed by atoms with Gasteiger partial charge in [-0.05, 0) is 32.6 Å². The quantitative estimate of drug-likeness (QED) is 0.709. The van der Waals surface area contributed by atoms with Gasteiger partial charge in [-0.3, -0.25) is 0 Å². The molecular weight excluding hydrogens is 154 g/mol. The van der Waals surface area contributed by atoms with E-state index in [1.54, 1.807) is 0 Å². The zero-order valence-corrected chi connectivity index (χ0v) is 8.39. The molecule has 0 atom stereocenters. The van der Waals surface area contributed by atoms with Crippen molar-refractivity contribution < 1.29 is 9.53 Å². The smallest absolute Gasteiger partial charge is 0.405 e. The number of hydrogen-bond donors (Lipinski definition) is 1. The van der Waals surface area contributed by atoms with Gasteiger partial charge in [0.05, 0.1) is 0 Å². The van der Waals surface area contributed by atoms with Crippen LogP contribution in [-0.2, 0) is 4.74 Å². The Balaban J connectivity index is 3.78. The second-order valence-corrected chi connectivity index (χ2v) is 4.11. The van der Waals surface area contributed by atoms with Crippen LogP contribution in [0.25, 0.3) is 0 Å². The molecule has 0 spiro atoms. The molecule has 2 N–H and O–H groups in total. The normalized spacial score (nSPS) is 11.8. The first-order chi connectivity index (χ1) is 5.33. The lowest BCUT2D eigenvalue weighted by molar-refractivity contribution is 0.0352. The van der Waals surface area contributed by atoms with Gasteiger partial charge in [-0.2, -0.15) is 0 Å². The van der Waals surface area contributed by atoms with Crippen molar-refractivity contribution in [2.45, 2.75) is 46.1 Å². The average Bonchev–Trinajstić information content (AvgIpc) is 1.81. The van der Waals surface area contributed by atoms with Crippen molar-refractivity contribution >= 4 is 6.09 Å². The van der Waals surface area contributed by atoms with Gasteiger partial charge in [-0.15, -0.1) is 0 Å². The molecule has 0 aliphatic carbocycles. The minimum Gasteiger partial charge on any atom is -0.444 e. The van der Waals surface area contributed by atoms with E-state index in [1.165, 1.54) is 0 Å². The van der Waals surface area contributed by atoms with Gasteiger partial charge in [0, 0.05) is 0 Å². The molecule has 0 saturated heterocycles. The van der Waals surface area contributed by atoms with Crippen LogP contribution in [0.15, 0.2) is 0 Å².